The monoisotopic (exact) mass is 244 g/mol. The van der Waals surface area contributed by atoms with Crippen molar-refractivity contribution in [1.29, 1.82) is 5.26 Å². The van der Waals surface area contributed by atoms with Crippen LogP contribution in [0.1, 0.15) is 11.1 Å². The second kappa shape index (κ2) is 5.33. The van der Waals surface area contributed by atoms with Gasteiger partial charge in [0.2, 0.25) is 0 Å². The van der Waals surface area contributed by atoms with E-state index in [1.807, 2.05) is 6.07 Å². The highest BCUT2D eigenvalue weighted by Crippen LogP contribution is 2.25. The highest BCUT2D eigenvalue weighted by atomic mass is 35.5. The Morgan fingerprint density at radius 1 is 1.35 bits per heavy atom. The van der Waals surface area contributed by atoms with Crippen LogP contribution in [0.15, 0.2) is 42.7 Å². The molecule has 0 aliphatic rings. The average molecular weight is 245 g/mol. The van der Waals surface area contributed by atoms with Crippen LogP contribution in [-0.4, -0.2) is 4.98 Å². The Bertz CT molecular complexity index is 549. The summed E-state index contributed by atoms with van der Waals surface area (Å²) >= 11 is 5.71. The third-order valence-corrected chi connectivity index (χ3v) is 2.49. The Hall–Kier alpha value is -2.05. The SMILES string of the molecule is N#Cc1cc(CCl)ccc1Oc1cccnc1. The van der Waals surface area contributed by atoms with Crippen molar-refractivity contribution in [1.82, 2.24) is 4.98 Å². The number of pyridine rings is 1. The lowest BCUT2D eigenvalue weighted by Crippen LogP contribution is -1.90. The minimum atomic E-state index is 0.377. The molecule has 0 atom stereocenters. The number of rotatable bonds is 3. The molecule has 0 unspecified atom stereocenters. The summed E-state index contributed by atoms with van der Waals surface area (Å²) < 4.78 is 5.57. The summed E-state index contributed by atoms with van der Waals surface area (Å²) in [6, 6.07) is 10.9. The molecule has 0 bridgehead atoms. The second-order valence-electron chi connectivity index (χ2n) is 3.37. The fourth-order valence-electron chi connectivity index (χ4n) is 1.37. The standard InChI is InChI=1S/C13H9ClN2O/c14-7-10-3-4-13(11(6-10)8-15)17-12-2-1-5-16-9-12/h1-6,9H,7H2. The van der Waals surface area contributed by atoms with E-state index in [1.165, 1.54) is 0 Å². The molecule has 0 saturated heterocycles. The summed E-state index contributed by atoms with van der Waals surface area (Å²) in [4.78, 5) is 3.94. The third-order valence-electron chi connectivity index (χ3n) is 2.18. The van der Waals surface area contributed by atoms with Crippen molar-refractivity contribution < 1.29 is 4.74 Å². The predicted molar refractivity (Wildman–Crippen MR) is 65.0 cm³/mol. The molecule has 17 heavy (non-hydrogen) atoms. The van der Waals surface area contributed by atoms with E-state index in [2.05, 4.69) is 11.1 Å². The average Bonchev–Trinajstić information content (AvgIpc) is 2.40. The van der Waals surface area contributed by atoms with Gasteiger partial charge in [0.25, 0.3) is 0 Å². The maximum atomic E-state index is 9.03. The summed E-state index contributed by atoms with van der Waals surface area (Å²) in [6.07, 6.45) is 3.26. The molecule has 1 aromatic carbocycles. The Morgan fingerprint density at radius 3 is 2.88 bits per heavy atom. The topological polar surface area (TPSA) is 45.9 Å². The maximum Gasteiger partial charge on any atom is 0.145 e. The lowest BCUT2D eigenvalue weighted by Gasteiger charge is -2.07. The zero-order valence-electron chi connectivity index (χ0n) is 8.93. The van der Waals surface area contributed by atoms with Crippen LogP contribution in [0.4, 0.5) is 0 Å². The molecule has 1 heterocycles. The molecule has 1 aromatic heterocycles. The fraction of sp³-hybridized carbons (Fsp3) is 0.0769. The van der Waals surface area contributed by atoms with Crippen LogP contribution in [0.2, 0.25) is 0 Å². The lowest BCUT2D eigenvalue weighted by atomic mass is 10.1. The number of hydrogen-bond donors (Lipinski definition) is 0. The first-order valence-electron chi connectivity index (χ1n) is 5.00. The smallest absolute Gasteiger partial charge is 0.145 e. The molecule has 0 amide bonds. The number of nitriles is 1. The van der Waals surface area contributed by atoms with Crippen LogP contribution in [0.3, 0.4) is 0 Å². The summed E-state index contributed by atoms with van der Waals surface area (Å²) in [6.45, 7) is 0. The van der Waals surface area contributed by atoms with E-state index in [0.717, 1.165) is 5.56 Å². The Labute approximate surface area is 104 Å². The van der Waals surface area contributed by atoms with Gasteiger partial charge in [-0.05, 0) is 29.8 Å². The van der Waals surface area contributed by atoms with Gasteiger partial charge in [-0.25, -0.2) is 0 Å². The van der Waals surface area contributed by atoms with Gasteiger partial charge in [0.1, 0.15) is 17.6 Å². The van der Waals surface area contributed by atoms with E-state index in [0.29, 0.717) is 22.9 Å². The molecule has 0 N–H and O–H groups in total. The molecule has 0 radical (unpaired) electrons. The fourth-order valence-corrected chi connectivity index (χ4v) is 1.54. The molecule has 2 rings (SSSR count). The van der Waals surface area contributed by atoms with Crippen molar-refractivity contribution in [3.63, 3.8) is 0 Å². The van der Waals surface area contributed by atoms with E-state index in [1.54, 1.807) is 36.7 Å². The lowest BCUT2D eigenvalue weighted by molar-refractivity contribution is 0.478. The molecular weight excluding hydrogens is 236 g/mol. The van der Waals surface area contributed by atoms with Crippen LogP contribution in [0.5, 0.6) is 11.5 Å². The van der Waals surface area contributed by atoms with Gasteiger partial charge in [0.15, 0.2) is 0 Å². The second-order valence-corrected chi connectivity index (χ2v) is 3.63. The zero-order chi connectivity index (χ0) is 12.1. The maximum absolute atomic E-state index is 9.03. The molecule has 0 fully saturated rings. The quantitative estimate of drug-likeness (QED) is 0.777. The molecule has 2 aromatic rings. The Kier molecular flexibility index (Phi) is 3.59. The minimum Gasteiger partial charge on any atom is -0.454 e. The van der Waals surface area contributed by atoms with Crippen molar-refractivity contribution >= 4 is 11.6 Å². The molecule has 4 heteroatoms. The van der Waals surface area contributed by atoms with Crippen LogP contribution in [-0.2, 0) is 5.88 Å². The van der Waals surface area contributed by atoms with Gasteiger partial charge in [-0.1, -0.05) is 6.07 Å². The Balaban J connectivity index is 2.31. The number of benzene rings is 1. The first-order valence-corrected chi connectivity index (χ1v) is 5.54. The van der Waals surface area contributed by atoms with E-state index < -0.39 is 0 Å². The van der Waals surface area contributed by atoms with E-state index in [4.69, 9.17) is 21.6 Å². The summed E-state index contributed by atoms with van der Waals surface area (Å²) in [5, 5.41) is 9.03. The molecule has 84 valence electrons. The van der Waals surface area contributed by atoms with Crippen LogP contribution >= 0.6 is 11.6 Å². The van der Waals surface area contributed by atoms with Gasteiger partial charge < -0.3 is 4.74 Å². The molecule has 0 saturated carbocycles. The van der Waals surface area contributed by atoms with Crippen LogP contribution in [0, 0.1) is 11.3 Å². The summed E-state index contributed by atoms with van der Waals surface area (Å²) in [7, 11) is 0. The number of hydrogen-bond acceptors (Lipinski definition) is 3. The zero-order valence-corrected chi connectivity index (χ0v) is 9.69. The number of ether oxygens (including phenoxy) is 1. The van der Waals surface area contributed by atoms with Gasteiger partial charge in [-0.3, -0.25) is 4.98 Å². The minimum absolute atomic E-state index is 0.377. The van der Waals surface area contributed by atoms with Crippen LogP contribution in [0.25, 0.3) is 0 Å². The van der Waals surface area contributed by atoms with Crippen molar-refractivity contribution in [3.8, 4) is 17.6 Å². The Morgan fingerprint density at radius 2 is 2.24 bits per heavy atom. The summed E-state index contributed by atoms with van der Waals surface area (Å²) in [5.41, 5.74) is 1.36. The first-order chi connectivity index (χ1) is 8.33. The van der Waals surface area contributed by atoms with Crippen LogP contribution < -0.4 is 4.74 Å². The van der Waals surface area contributed by atoms with E-state index in [-0.39, 0.29) is 0 Å². The number of nitrogens with zero attached hydrogens (tertiary/aromatic N) is 2. The number of alkyl halides is 1. The first kappa shape index (κ1) is 11.4. The molecule has 3 nitrogen and oxygen atoms in total. The summed E-state index contributed by atoms with van der Waals surface area (Å²) in [5.74, 6) is 1.49. The third kappa shape index (κ3) is 2.74. The largest absolute Gasteiger partial charge is 0.454 e. The van der Waals surface area contributed by atoms with E-state index >= 15 is 0 Å². The number of aromatic nitrogens is 1. The van der Waals surface area contributed by atoms with Gasteiger partial charge >= 0.3 is 0 Å². The molecule has 0 aliphatic heterocycles. The van der Waals surface area contributed by atoms with Crippen molar-refractivity contribution in [3.05, 3.63) is 53.9 Å². The molecule has 0 spiro atoms. The predicted octanol–water partition coefficient (Wildman–Crippen LogP) is 3.48. The molecule has 0 aliphatic carbocycles. The molecular formula is C13H9ClN2O. The van der Waals surface area contributed by atoms with Gasteiger partial charge in [0, 0.05) is 12.1 Å². The van der Waals surface area contributed by atoms with Crippen molar-refractivity contribution in [2.45, 2.75) is 5.88 Å². The van der Waals surface area contributed by atoms with Crippen molar-refractivity contribution in [2.75, 3.05) is 0 Å². The highest BCUT2D eigenvalue weighted by Gasteiger charge is 2.05. The number of halogens is 1. The van der Waals surface area contributed by atoms with Gasteiger partial charge in [0.05, 0.1) is 11.8 Å². The normalized spacial score (nSPS) is 9.65. The highest BCUT2D eigenvalue weighted by molar-refractivity contribution is 6.17. The van der Waals surface area contributed by atoms with E-state index in [9.17, 15) is 0 Å². The van der Waals surface area contributed by atoms with Crippen molar-refractivity contribution in [2.24, 2.45) is 0 Å². The van der Waals surface area contributed by atoms with Gasteiger partial charge in [-0.2, -0.15) is 5.26 Å². The van der Waals surface area contributed by atoms with Gasteiger partial charge in [-0.15, -0.1) is 11.6 Å².